The molecule has 0 rings (SSSR count). The van der Waals surface area contributed by atoms with Crippen molar-refractivity contribution in [2.45, 2.75) is 0 Å². The Balaban J connectivity index is 0. The van der Waals surface area contributed by atoms with Gasteiger partial charge in [-0.3, -0.25) is 14.5 Å². The minimum absolute atomic E-state index is 0.750. The van der Waals surface area contributed by atoms with Gasteiger partial charge in [0, 0.05) is 0 Å². The summed E-state index contributed by atoms with van der Waals surface area (Å²) < 4.78 is 22.8. The van der Waals surface area contributed by atoms with Gasteiger partial charge in [-0.2, -0.15) is 4.21 Å². The average Bonchev–Trinajstić information content (AvgIpc) is 1.33. The van der Waals surface area contributed by atoms with Gasteiger partial charge in [-0.25, -0.2) is 0 Å². The number of hydrogen-bond acceptors (Lipinski definition) is 2. The highest BCUT2D eigenvalue weighted by Gasteiger charge is 1.62. The molecule has 6 heteroatoms. The molecule has 5 N–H and O–H groups in total. The molecule has 5 nitrogen and oxygen atoms in total. The lowest BCUT2D eigenvalue weighted by Gasteiger charge is -1.59. The Bertz CT molecular complexity index is 60.0. The van der Waals surface area contributed by atoms with E-state index < -0.39 is 11.4 Å². The maximum Gasteiger partial charge on any atom is 0.299 e. The molecular formula is CH6N2O3S. The molecule has 0 saturated carbocycles. The van der Waals surface area contributed by atoms with E-state index in [9.17, 15) is 0 Å². The molecule has 0 aromatic carbocycles. The first-order chi connectivity index (χ1) is 3.15. The molecule has 0 bridgehead atoms. The number of rotatable bonds is 0. The van der Waals surface area contributed by atoms with Crippen molar-refractivity contribution in [1.82, 2.24) is 0 Å². The van der Waals surface area contributed by atoms with Gasteiger partial charge in [-0.05, 0) is 0 Å². The normalized spacial score (nSPS) is 6.71. The minimum Gasteiger partial charge on any atom is -0.390 e. The van der Waals surface area contributed by atoms with Crippen LogP contribution in [0.3, 0.4) is 0 Å². The summed E-state index contributed by atoms with van der Waals surface area (Å²) in [5.41, 5.74) is 4.39. The third-order valence-corrected chi connectivity index (χ3v) is 0. The zero-order valence-corrected chi connectivity index (χ0v) is 4.18. The third-order valence-electron chi connectivity index (χ3n) is 0. The van der Waals surface area contributed by atoms with Crippen LogP contribution >= 0.6 is 0 Å². The Kier molecular flexibility index (Phi) is 12.7. The van der Waals surface area contributed by atoms with Crippen LogP contribution in [0.1, 0.15) is 0 Å². The van der Waals surface area contributed by atoms with Crippen LogP contribution in [-0.4, -0.2) is 19.7 Å². The van der Waals surface area contributed by atoms with E-state index in [2.05, 4.69) is 5.73 Å². The highest BCUT2D eigenvalue weighted by atomic mass is 32.2. The summed E-state index contributed by atoms with van der Waals surface area (Å²) in [5.74, 6) is 0. The van der Waals surface area contributed by atoms with E-state index in [-0.39, 0.29) is 0 Å². The minimum atomic E-state index is -2.61. The molecule has 0 aromatic heterocycles. The standard InChI is InChI=1S/CH4N2.H2O3S/c2-1-3;1-4(2)3/h1H,(H3,2,3);(H2,1,2,3). The highest BCUT2D eigenvalue weighted by molar-refractivity contribution is 7.73. The molecule has 0 aliphatic heterocycles. The lowest BCUT2D eigenvalue weighted by atomic mass is 11.4. The Morgan fingerprint density at radius 2 is 1.71 bits per heavy atom. The first-order valence-corrected chi connectivity index (χ1v) is 2.22. The molecule has 7 heavy (non-hydrogen) atoms. The van der Waals surface area contributed by atoms with Gasteiger partial charge in [0.2, 0.25) is 0 Å². The van der Waals surface area contributed by atoms with Gasteiger partial charge in [0.05, 0.1) is 6.34 Å². The van der Waals surface area contributed by atoms with Crippen LogP contribution in [0, 0.1) is 5.41 Å². The third kappa shape index (κ3) is 328. The van der Waals surface area contributed by atoms with Gasteiger partial charge in [0.25, 0.3) is 11.4 Å². The Labute approximate surface area is 43.2 Å². The second-order valence-electron chi connectivity index (χ2n) is 0.397. The van der Waals surface area contributed by atoms with Crippen molar-refractivity contribution < 1.29 is 13.3 Å². The topological polar surface area (TPSA) is 107 Å². The van der Waals surface area contributed by atoms with Gasteiger partial charge in [-0.1, -0.05) is 0 Å². The second kappa shape index (κ2) is 9.11. The van der Waals surface area contributed by atoms with E-state index in [1.54, 1.807) is 0 Å². The lowest BCUT2D eigenvalue weighted by Crippen LogP contribution is -1.81. The lowest BCUT2D eigenvalue weighted by molar-refractivity contribution is 0.454. The van der Waals surface area contributed by atoms with Crippen LogP contribution in [0.15, 0.2) is 0 Å². The molecule has 0 aliphatic carbocycles. The molecule has 0 atom stereocenters. The molecule has 0 saturated heterocycles. The summed E-state index contributed by atoms with van der Waals surface area (Å²) in [7, 11) is 0. The largest absolute Gasteiger partial charge is 0.390 e. The molecule has 0 spiro atoms. The van der Waals surface area contributed by atoms with Gasteiger partial charge < -0.3 is 5.73 Å². The Morgan fingerprint density at radius 1 is 1.71 bits per heavy atom. The quantitative estimate of drug-likeness (QED) is 0.194. The first-order valence-electron chi connectivity index (χ1n) is 1.15. The van der Waals surface area contributed by atoms with E-state index >= 15 is 0 Å². The van der Waals surface area contributed by atoms with Crippen LogP contribution in [0.25, 0.3) is 0 Å². The number of hydrogen-bond donors (Lipinski definition) is 4. The molecule has 0 fully saturated rings. The molecule has 0 heterocycles. The second-order valence-corrected chi connectivity index (χ2v) is 0.859. The maximum absolute atomic E-state index is 8.67. The zero-order chi connectivity index (χ0) is 6.28. The van der Waals surface area contributed by atoms with Crippen LogP contribution in [0.4, 0.5) is 0 Å². The average molecular weight is 126 g/mol. The Morgan fingerprint density at radius 3 is 1.71 bits per heavy atom. The van der Waals surface area contributed by atoms with Crippen molar-refractivity contribution in [2.24, 2.45) is 5.73 Å². The summed E-state index contributed by atoms with van der Waals surface area (Å²) in [6, 6.07) is 0. The summed E-state index contributed by atoms with van der Waals surface area (Å²) in [4.78, 5) is 0. The molecule has 0 aliphatic rings. The fourth-order valence-electron chi connectivity index (χ4n) is 0. The predicted molar refractivity (Wildman–Crippen MR) is 26.4 cm³/mol. The van der Waals surface area contributed by atoms with Crippen LogP contribution < -0.4 is 5.73 Å². The van der Waals surface area contributed by atoms with Gasteiger partial charge in [0.15, 0.2) is 0 Å². The van der Waals surface area contributed by atoms with E-state index in [0.717, 1.165) is 6.34 Å². The molecule has 0 unspecified atom stereocenters. The van der Waals surface area contributed by atoms with E-state index in [1.165, 1.54) is 0 Å². The van der Waals surface area contributed by atoms with E-state index in [1.807, 2.05) is 0 Å². The van der Waals surface area contributed by atoms with Crippen molar-refractivity contribution >= 4 is 17.7 Å². The van der Waals surface area contributed by atoms with Gasteiger partial charge in [0.1, 0.15) is 0 Å². The monoisotopic (exact) mass is 126 g/mol. The summed E-state index contributed by atoms with van der Waals surface area (Å²) in [6.07, 6.45) is 0.750. The van der Waals surface area contributed by atoms with E-state index in [0.29, 0.717) is 0 Å². The van der Waals surface area contributed by atoms with Crippen LogP contribution in [-0.2, 0) is 11.4 Å². The summed E-state index contributed by atoms with van der Waals surface area (Å²) >= 11 is -2.61. The number of nitrogens with one attached hydrogen (secondary N) is 1. The number of nitrogens with two attached hydrogens (primary N) is 1. The highest BCUT2D eigenvalue weighted by Crippen LogP contribution is 1.44. The molecule has 0 aromatic rings. The van der Waals surface area contributed by atoms with Gasteiger partial charge >= 0.3 is 0 Å². The van der Waals surface area contributed by atoms with Crippen LogP contribution in [0.2, 0.25) is 0 Å². The van der Waals surface area contributed by atoms with Crippen molar-refractivity contribution in [3.8, 4) is 0 Å². The SMILES string of the molecule is N=CN.O=S(O)O. The smallest absolute Gasteiger partial charge is 0.299 e. The first kappa shape index (κ1) is 9.74. The fraction of sp³-hybridized carbons (Fsp3) is 0. The molecule has 44 valence electrons. The Hall–Kier alpha value is -0.460. The van der Waals surface area contributed by atoms with Crippen molar-refractivity contribution in [1.29, 1.82) is 5.41 Å². The van der Waals surface area contributed by atoms with Crippen molar-refractivity contribution in [3.05, 3.63) is 0 Å². The zero-order valence-electron chi connectivity index (χ0n) is 3.37. The van der Waals surface area contributed by atoms with Crippen molar-refractivity contribution in [2.75, 3.05) is 0 Å². The van der Waals surface area contributed by atoms with E-state index in [4.69, 9.17) is 18.7 Å². The summed E-state index contributed by atoms with van der Waals surface area (Å²) in [5, 5.41) is 5.86. The molecule has 0 radical (unpaired) electrons. The van der Waals surface area contributed by atoms with Gasteiger partial charge in [-0.15, -0.1) is 0 Å². The molecule has 0 amide bonds. The van der Waals surface area contributed by atoms with Crippen molar-refractivity contribution in [3.63, 3.8) is 0 Å². The summed E-state index contributed by atoms with van der Waals surface area (Å²) in [6.45, 7) is 0. The predicted octanol–water partition coefficient (Wildman–Crippen LogP) is -0.767. The molecular weight excluding hydrogens is 120 g/mol. The fourth-order valence-corrected chi connectivity index (χ4v) is 0. The maximum atomic E-state index is 8.67. The van der Waals surface area contributed by atoms with Crippen LogP contribution in [0.5, 0.6) is 0 Å².